The first-order valence-corrected chi connectivity index (χ1v) is 9.20. The maximum absolute atomic E-state index is 13.8. The van der Waals surface area contributed by atoms with Crippen molar-refractivity contribution in [1.82, 2.24) is 10.00 Å². The lowest BCUT2D eigenvalue weighted by Crippen LogP contribution is -2.44. The number of fused-ring (bicyclic) bond motifs is 1. The number of aromatic nitrogens is 3. The number of anilines is 1. The number of hydrogen-bond acceptors (Lipinski definition) is 8. The number of esters is 1. The molecule has 1 fully saturated rings. The standard InChI is InChI=1S/C17H19F4N5O5/c1-30-14-7-12-13(6-11(14)18)26(29)23-16(25(12)28)22-4-2-15(27)31-10-3-5-24(8-10)9-17(19,20)21/h6-7,10H,2-5,8-9H2,1H3,(H,22,23). The van der Waals surface area contributed by atoms with Gasteiger partial charge in [-0.25, -0.2) is 9.12 Å². The van der Waals surface area contributed by atoms with Gasteiger partial charge in [0.15, 0.2) is 17.1 Å². The second-order valence-electron chi connectivity index (χ2n) is 6.89. The molecule has 1 saturated heterocycles. The number of rotatable bonds is 7. The largest absolute Gasteiger partial charge is 0.739 e. The van der Waals surface area contributed by atoms with E-state index in [-0.39, 0.29) is 58.8 Å². The Labute approximate surface area is 173 Å². The third-order valence-corrected chi connectivity index (χ3v) is 4.59. The fourth-order valence-corrected chi connectivity index (χ4v) is 3.22. The van der Waals surface area contributed by atoms with E-state index in [9.17, 15) is 32.8 Å². The van der Waals surface area contributed by atoms with Crippen LogP contribution in [0.4, 0.5) is 23.5 Å². The van der Waals surface area contributed by atoms with E-state index in [1.807, 2.05) is 0 Å². The first-order valence-electron chi connectivity index (χ1n) is 9.20. The number of methoxy groups -OCH3 is 1. The highest BCUT2D eigenvalue weighted by Gasteiger charge is 2.35. The summed E-state index contributed by atoms with van der Waals surface area (Å²) in [5, 5.41) is 30.4. The summed E-state index contributed by atoms with van der Waals surface area (Å²) in [6.07, 6.45) is -4.90. The van der Waals surface area contributed by atoms with Crippen LogP contribution < -0.4 is 19.6 Å². The van der Waals surface area contributed by atoms with Gasteiger partial charge in [0.25, 0.3) is 0 Å². The highest BCUT2D eigenvalue weighted by Crippen LogP contribution is 2.22. The van der Waals surface area contributed by atoms with Gasteiger partial charge in [0, 0.05) is 24.0 Å². The molecule has 1 aromatic heterocycles. The number of carbonyl (C=O) groups is 1. The van der Waals surface area contributed by atoms with Crippen molar-refractivity contribution < 1.29 is 41.4 Å². The number of hydrogen-bond donors (Lipinski definition) is 1. The van der Waals surface area contributed by atoms with E-state index in [0.29, 0.717) is 0 Å². The summed E-state index contributed by atoms with van der Waals surface area (Å²) in [6, 6.07) is 1.85. The zero-order chi connectivity index (χ0) is 22.8. The number of likely N-dealkylation sites (tertiary alicyclic amines) is 1. The highest BCUT2D eigenvalue weighted by atomic mass is 19.4. The molecule has 2 heterocycles. The smallest absolute Gasteiger partial charge is 0.460 e. The Hall–Kier alpha value is -3.16. The summed E-state index contributed by atoms with van der Waals surface area (Å²) in [6.45, 7) is -1.04. The van der Waals surface area contributed by atoms with Crippen molar-refractivity contribution in [2.45, 2.75) is 25.1 Å². The van der Waals surface area contributed by atoms with Gasteiger partial charge >= 0.3 is 23.6 Å². The lowest BCUT2D eigenvalue weighted by atomic mass is 10.3. The summed E-state index contributed by atoms with van der Waals surface area (Å²) >= 11 is 0. The Balaban J connectivity index is 1.56. The van der Waals surface area contributed by atoms with Crippen LogP contribution in [0.3, 0.4) is 0 Å². The van der Waals surface area contributed by atoms with Gasteiger partial charge < -0.3 is 19.9 Å². The summed E-state index contributed by atoms with van der Waals surface area (Å²) in [5.74, 6) is -2.19. The van der Waals surface area contributed by atoms with Crippen molar-refractivity contribution in [3.63, 3.8) is 0 Å². The molecule has 1 N–H and O–H groups in total. The highest BCUT2D eigenvalue weighted by molar-refractivity contribution is 5.71. The Kier molecular flexibility index (Phi) is 6.48. The fourth-order valence-electron chi connectivity index (χ4n) is 3.22. The molecule has 0 radical (unpaired) electrons. The maximum Gasteiger partial charge on any atom is 0.460 e. The van der Waals surface area contributed by atoms with Crippen LogP contribution >= 0.6 is 0 Å². The molecule has 1 aliphatic heterocycles. The number of nitrogens with one attached hydrogen (secondary N) is 1. The minimum atomic E-state index is -4.32. The summed E-state index contributed by atoms with van der Waals surface area (Å²) in [7, 11) is 1.20. The maximum atomic E-state index is 13.8. The monoisotopic (exact) mass is 449 g/mol. The third kappa shape index (κ3) is 5.51. The molecular formula is C17H19F4N5O5. The zero-order valence-corrected chi connectivity index (χ0v) is 16.3. The average molecular weight is 449 g/mol. The Morgan fingerprint density at radius 3 is 2.77 bits per heavy atom. The molecular weight excluding hydrogens is 430 g/mol. The average Bonchev–Trinajstić information content (AvgIpc) is 3.10. The SMILES string of the molecule is COc1cc2c(cc1F)[n+]([O-])nc(NCCC(=O)OC1CCN(CC(F)(F)F)C1)[n+]2[O-]. The molecule has 14 heteroatoms. The van der Waals surface area contributed by atoms with E-state index in [0.717, 1.165) is 17.0 Å². The lowest BCUT2D eigenvalue weighted by molar-refractivity contribution is -0.672. The molecule has 0 saturated carbocycles. The predicted octanol–water partition coefficient (Wildman–Crippen LogP) is 0.631. The number of nitrogens with zero attached hydrogens (tertiary/aromatic N) is 4. The van der Waals surface area contributed by atoms with Crippen molar-refractivity contribution in [1.29, 1.82) is 0 Å². The zero-order valence-electron chi connectivity index (χ0n) is 16.3. The second kappa shape index (κ2) is 8.91. The van der Waals surface area contributed by atoms with E-state index >= 15 is 0 Å². The van der Waals surface area contributed by atoms with E-state index in [1.165, 1.54) is 7.11 Å². The fraction of sp³-hybridized carbons (Fsp3) is 0.529. The summed E-state index contributed by atoms with van der Waals surface area (Å²) in [5.41, 5.74) is -0.521. The first kappa shape index (κ1) is 22.5. The molecule has 2 aromatic rings. The third-order valence-electron chi connectivity index (χ3n) is 4.59. The van der Waals surface area contributed by atoms with Crippen LogP contribution in [0.15, 0.2) is 12.1 Å². The minimum absolute atomic E-state index is 0.0138. The van der Waals surface area contributed by atoms with Crippen LogP contribution in [-0.4, -0.2) is 61.5 Å². The van der Waals surface area contributed by atoms with Crippen molar-refractivity contribution in [3.05, 3.63) is 28.4 Å². The molecule has 1 aromatic carbocycles. The Morgan fingerprint density at radius 1 is 1.35 bits per heavy atom. The molecule has 0 spiro atoms. The number of alkyl halides is 3. The molecule has 1 unspecified atom stereocenters. The van der Waals surface area contributed by atoms with Crippen LogP contribution in [-0.2, 0) is 9.53 Å². The van der Waals surface area contributed by atoms with Gasteiger partial charge in [0.1, 0.15) is 6.10 Å². The second-order valence-corrected chi connectivity index (χ2v) is 6.89. The van der Waals surface area contributed by atoms with Gasteiger partial charge in [-0.3, -0.25) is 15.0 Å². The van der Waals surface area contributed by atoms with E-state index in [4.69, 9.17) is 9.47 Å². The normalized spacial score (nSPS) is 17.1. The van der Waals surface area contributed by atoms with Crippen LogP contribution in [0.2, 0.25) is 0 Å². The van der Waals surface area contributed by atoms with Gasteiger partial charge in [-0.05, 0) is 6.42 Å². The Morgan fingerprint density at radius 2 is 2.10 bits per heavy atom. The van der Waals surface area contributed by atoms with Gasteiger partial charge in [-0.2, -0.15) is 13.2 Å². The van der Waals surface area contributed by atoms with E-state index < -0.39 is 36.6 Å². The summed E-state index contributed by atoms with van der Waals surface area (Å²) < 4.78 is 61.2. The van der Waals surface area contributed by atoms with Gasteiger partial charge in [-0.1, -0.05) is 0 Å². The molecule has 1 aliphatic rings. The van der Waals surface area contributed by atoms with E-state index in [2.05, 4.69) is 10.4 Å². The van der Waals surface area contributed by atoms with Crippen molar-refractivity contribution in [2.24, 2.45) is 0 Å². The number of ether oxygens (including phenoxy) is 2. The molecule has 31 heavy (non-hydrogen) atoms. The van der Waals surface area contributed by atoms with Crippen LogP contribution in [0.25, 0.3) is 11.0 Å². The molecule has 0 amide bonds. The molecule has 10 nitrogen and oxygen atoms in total. The Bertz CT molecular complexity index is 974. The molecule has 170 valence electrons. The number of benzene rings is 1. The molecule has 0 bridgehead atoms. The molecule has 1 atom stereocenters. The van der Waals surface area contributed by atoms with Gasteiger partial charge in [0.2, 0.25) is 5.10 Å². The van der Waals surface area contributed by atoms with Crippen molar-refractivity contribution >= 4 is 23.0 Å². The lowest BCUT2D eigenvalue weighted by Gasteiger charge is -2.17. The topological polar surface area (TPSA) is 118 Å². The van der Waals surface area contributed by atoms with Gasteiger partial charge in [0.05, 0.1) is 32.7 Å². The quantitative estimate of drug-likeness (QED) is 0.283. The van der Waals surface area contributed by atoms with E-state index in [1.54, 1.807) is 0 Å². The first-order chi connectivity index (χ1) is 14.6. The van der Waals surface area contributed by atoms with Crippen LogP contribution in [0, 0.1) is 16.2 Å². The molecule has 3 rings (SSSR count). The van der Waals surface area contributed by atoms with Gasteiger partial charge in [-0.15, -0.1) is 0 Å². The van der Waals surface area contributed by atoms with Crippen LogP contribution in [0.5, 0.6) is 5.75 Å². The summed E-state index contributed by atoms with van der Waals surface area (Å²) in [4.78, 5) is 13.1. The van der Waals surface area contributed by atoms with Crippen LogP contribution in [0.1, 0.15) is 12.8 Å². The number of carbonyl (C=O) groups excluding carboxylic acids is 1. The van der Waals surface area contributed by atoms with Crippen molar-refractivity contribution in [3.8, 4) is 5.75 Å². The predicted molar refractivity (Wildman–Crippen MR) is 96.3 cm³/mol. The molecule has 0 aliphatic carbocycles. The minimum Gasteiger partial charge on any atom is -0.739 e. The number of halogens is 4. The van der Waals surface area contributed by atoms with Crippen molar-refractivity contribution in [2.75, 3.05) is 38.6 Å².